The maximum atomic E-state index is 12.3. The molecule has 0 fully saturated rings. The summed E-state index contributed by atoms with van der Waals surface area (Å²) < 4.78 is 8.27. The van der Waals surface area contributed by atoms with Crippen LogP contribution < -0.4 is 20.9 Å². The lowest BCUT2D eigenvalue weighted by atomic mass is 10.1. The lowest BCUT2D eigenvalue weighted by Crippen LogP contribution is -2.33. The van der Waals surface area contributed by atoms with Crippen molar-refractivity contribution in [2.24, 2.45) is 0 Å². The van der Waals surface area contributed by atoms with E-state index in [9.17, 15) is 14.4 Å². The van der Waals surface area contributed by atoms with Gasteiger partial charge >= 0.3 is 0 Å². The Labute approximate surface area is 207 Å². The normalized spacial score (nSPS) is 10.6. The van der Waals surface area contributed by atoms with Crippen molar-refractivity contribution in [3.05, 3.63) is 95.5 Å². The molecule has 0 aliphatic carbocycles. The average Bonchev–Trinajstić information content (AvgIpc) is 3.32. The topological polar surface area (TPSA) is 120 Å². The molecule has 0 aliphatic rings. The van der Waals surface area contributed by atoms with Crippen molar-refractivity contribution in [1.29, 1.82) is 0 Å². The van der Waals surface area contributed by atoms with Crippen molar-refractivity contribution >= 4 is 17.5 Å². The van der Waals surface area contributed by atoms with E-state index in [1.807, 2.05) is 60.7 Å². The molecule has 4 rings (SSSR count). The van der Waals surface area contributed by atoms with Crippen LogP contribution in [0.15, 0.2) is 90.0 Å². The molecule has 0 spiro atoms. The van der Waals surface area contributed by atoms with Crippen molar-refractivity contribution in [2.75, 3.05) is 18.5 Å². The highest BCUT2D eigenvalue weighted by molar-refractivity contribution is 5.90. The number of aromatic nitrogens is 4. The van der Waals surface area contributed by atoms with Gasteiger partial charge in [0.25, 0.3) is 5.56 Å². The van der Waals surface area contributed by atoms with E-state index in [-0.39, 0.29) is 50.0 Å². The zero-order chi connectivity index (χ0) is 25.2. The highest BCUT2D eigenvalue weighted by atomic mass is 16.5. The number of hydrogen-bond acceptors (Lipinski definition) is 6. The minimum absolute atomic E-state index is 0.0284. The number of rotatable bonds is 11. The number of carbonyl (C=O) groups is 2. The Balaban J connectivity index is 1.20. The molecule has 4 aromatic rings. The number of nitrogens with zero attached hydrogens (tertiary/aromatic N) is 4. The average molecular weight is 487 g/mol. The molecule has 0 atom stereocenters. The zero-order valence-corrected chi connectivity index (χ0v) is 19.5. The summed E-state index contributed by atoms with van der Waals surface area (Å²) in [4.78, 5) is 36.5. The molecule has 10 nitrogen and oxygen atoms in total. The molecule has 0 unspecified atom stereocenters. The molecule has 2 heterocycles. The Morgan fingerprint density at radius 2 is 1.67 bits per heavy atom. The standard InChI is InChI=1S/C26H26N6O4/c33-24(13-16-36-22-9-5-2-6-10-22)29-21-17-28-31(18-21)19-25(34)27-14-15-32-26(35)12-11-23(30-32)20-7-3-1-4-8-20/h1-12,17-18H,13-16,19H2,(H,27,34)(H,29,33). The maximum Gasteiger partial charge on any atom is 0.266 e. The number of hydrogen-bond donors (Lipinski definition) is 2. The summed E-state index contributed by atoms with van der Waals surface area (Å²) in [5, 5.41) is 14.0. The van der Waals surface area contributed by atoms with E-state index in [1.54, 1.807) is 12.3 Å². The van der Waals surface area contributed by atoms with Crippen LogP contribution in [-0.2, 0) is 22.7 Å². The minimum Gasteiger partial charge on any atom is -0.493 e. The molecule has 0 bridgehead atoms. The number of para-hydroxylation sites is 1. The van der Waals surface area contributed by atoms with E-state index in [0.29, 0.717) is 17.1 Å². The molecule has 2 N–H and O–H groups in total. The van der Waals surface area contributed by atoms with Gasteiger partial charge in [0.05, 0.1) is 37.2 Å². The monoisotopic (exact) mass is 486 g/mol. The highest BCUT2D eigenvalue weighted by Crippen LogP contribution is 2.14. The van der Waals surface area contributed by atoms with Gasteiger partial charge in [-0.3, -0.25) is 19.1 Å². The Morgan fingerprint density at radius 1 is 0.917 bits per heavy atom. The fraction of sp³-hybridized carbons (Fsp3) is 0.192. The van der Waals surface area contributed by atoms with Crippen molar-refractivity contribution in [3.8, 4) is 17.0 Å². The summed E-state index contributed by atoms with van der Waals surface area (Å²) in [7, 11) is 0. The second-order valence-corrected chi connectivity index (χ2v) is 7.88. The van der Waals surface area contributed by atoms with Crippen LogP contribution in [0, 0.1) is 0 Å². The molecule has 184 valence electrons. The van der Waals surface area contributed by atoms with Gasteiger partial charge in [-0.2, -0.15) is 10.2 Å². The lowest BCUT2D eigenvalue weighted by Gasteiger charge is -2.09. The first-order chi connectivity index (χ1) is 17.6. The van der Waals surface area contributed by atoms with Crippen molar-refractivity contribution in [1.82, 2.24) is 24.9 Å². The molecule has 36 heavy (non-hydrogen) atoms. The molecule has 0 radical (unpaired) electrons. The second-order valence-electron chi connectivity index (χ2n) is 7.88. The lowest BCUT2D eigenvalue weighted by molar-refractivity contribution is -0.122. The third kappa shape index (κ3) is 7.13. The van der Waals surface area contributed by atoms with E-state index in [4.69, 9.17) is 4.74 Å². The van der Waals surface area contributed by atoms with Gasteiger partial charge in [-0.15, -0.1) is 0 Å². The third-order valence-electron chi connectivity index (χ3n) is 5.15. The van der Waals surface area contributed by atoms with Crippen LogP contribution in [0.3, 0.4) is 0 Å². The second kappa shape index (κ2) is 12.1. The number of benzene rings is 2. The fourth-order valence-corrected chi connectivity index (χ4v) is 3.39. The first kappa shape index (κ1) is 24.4. The van der Waals surface area contributed by atoms with E-state index < -0.39 is 0 Å². The highest BCUT2D eigenvalue weighted by Gasteiger charge is 2.09. The summed E-state index contributed by atoms with van der Waals surface area (Å²) in [5.74, 6) is 0.207. The summed E-state index contributed by atoms with van der Waals surface area (Å²) in [6.07, 6.45) is 3.23. The largest absolute Gasteiger partial charge is 0.493 e. The summed E-state index contributed by atoms with van der Waals surface area (Å²) in [5.41, 5.74) is 1.83. The SMILES string of the molecule is O=C(Cn1cc(NC(=O)CCOc2ccccc2)cn1)NCCn1nc(-c2ccccc2)ccc1=O. The van der Waals surface area contributed by atoms with Gasteiger partial charge in [0, 0.05) is 24.4 Å². The zero-order valence-electron chi connectivity index (χ0n) is 19.5. The first-order valence-corrected chi connectivity index (χ1v) is 11.5. The Hall–Kier alpha value is -4.73. The van der Waals surface area contributed by atoms with E-state index in [2.05, 4.69) is 20.8 Å². The van der Waals surface area contributed by atoms with E-state index >= 15 is 0 Å². The molecule has 2 aromatic carbocycles. The van der Waals surface area contributed by atoms with Gasteiger partial charge in [0.2, 0.25) is 11.8 Å². The van der Waals surface area contributed by atoms with Crippen LogP contribution in [-0.4, -0.2) is 44.5 Å². The number of carbonyl (C=O) groups excluding carboxylic acids is 2. The van der Waals surface area contributed by atoms with Crippen LogP contribution in [0.5, 0.6) is 5.75 Å². The number of anilines is 1. The fourth-order valence-electron chi connectivity index (χ4n) is 3.39. The van der Waals surface area contributed by atoms with E-state index in [1.165, 1.54) is 21.6 Å². The summed E-state index contributed by atoms with van der Waals surface area (Å²) >= 11 is 0. The molecular weight excluding hydrogens is 460 g/mol. The van der Waals surface area contributed by atoms with Crippen LogP contribution in [0.4, 0.5) is 5.69 Å². The predicted octanol–water partition coefficient (Wildman–Crippen LogP) is 2.33. The van der Waals surface area contributed by atoms with Crippen molar-refractivity contribution < 1.29 is 14.3 Å². The van der Waals surface area contributed by atoms with Crippen molar-refractivity contribution in [3.63, 3.8) is 0 Å². The van der Waals surface area contributed by atoms with Gasteiger partial charge in [0.1, 0.15) is 12.3 Å². The Morgan fingerprint density at radius 3 is 2.44 bits per heavy atom. The summed E-state index contributed by atoms with van der Waals surface area (Å²) in [6, 6.07) is 21.9. The number of nitrogens with one attached hydrogen (secondary N) is 2. The van der Waals surface area contributed by atoms with Gasteiger partial charge < -0.3 is 15.4 Å². The first-order valence-electron chi connectivity index (χ1n) is 11.5. The van der Waals surface area contributed by atoms with Crippen LogP contribution >= 0.6 is 0 Å². The molecule has 0 saturated heterocycles. The molecule has 0 saturated carbocycles. The Kier molecular flexibility index (Phi) is 8.21. The molecular formula is C26H26N6O4. The van der Waals surface area contributed by atoms with Crippen molar-refractivity contribution in [2.45, 2.75) is 19.5 Å². The molecule has 10 heteroatoms. The molecule has 2 aromatic heterocycles. The van der Waals surface area contributed by atoms with E-state index in [0.717, 1.165) is 5.56 Å². The predicted molar refractivity (Wildman–Crippen MR) is 134 cm³/mol. The van der Waals surface area contributed by atoms with Gasteiger partial charge in [-0.05, 0) is 18.2 Å². The Bertz CT molecular complexity index is 1350. The number of amides is 2. The van der Waals surface area contributed by atoms with Gasteiger partial charge in [0.15, 0.2) is 0 Å². The maximum absolute atomic E-state index is 12.3. The quantitative estimate of drug-likeness (QED) is 0.336. The molecule has 2 amide bonds. The van der Waals surface area contributed by atoms with Gasteiger partial charge in [-0.1, -0.05) is 48.5 Å². The molecule has 0 aliphatic heterocycles. The third-order valence-corrected chi connectivity index (χ3v) is 5.15. The van der Waals surface area contributed by atoms with Crippen LogP contribution in [0.1, 0.15) is 6.42 Å². The van der Waals surface area contributed by atoms with Crippen LogP contribution in [0.2, 0.25) is 0 Å². The summed E-state index contributed by atoms with van der Waals surface area (Å²) in [6.45, 7) is 0.685. The van der Waals surface area contributed by atoms with Crippen LogP contribution in [0.25, 0.3) is 11.3 Å². The smallest absolute Gasteiger partial charge is 0.266 e. The van der Waals surface area contributed by atoms with Gasteiger partial charge in [-0.25, -0.2) is 4.68 Å². The number of ether oxygens (including phenoxy) is 1. The minimum atomic E-state index is -0.278.